The molecule has 322 valence electrons. The SMILES string of the molecule is Cc1ccc(/C=C2\SC3(SC(c4cccc(C5=NN(c6ccccc6)C6(S5)S/C(=C/c5ccc(C)cc5)C(=O)N6c5ccccc5)c4)=NN3c3ccccc3)N(c3ccccc3)C2=O)cc1. The number of amides is 2. The second kappa shape index (κ2) is 17.3. The van der Waals surface area contributed by atoms with Gasteiger partial charge in [0.05, 0.1) is 21.2 Å². The van der Waals surface area contributed by atoms with E-state index < -0.39 is 8.65 Å². The number of para-hydroxylation sites is 4. The highest BCUT2D eigenvalue weighted by molar-refractivity contribution is 8.29. The van der Waals surface area contributed by atoms with E-state index >= 15 is 0 Å². The number of carbonyl (C=O) groups is 2. The first kappa shape index (κ1) is 42.0. The van der Waals surface area contributed by atoms with Crippen molar-refractivity contribution < 1.29 is 9.59 Å². The molecule has 0 aromatic heterocycles. The average Bonchev–Trinajstić information content (AvgIpc) is 4.08. The summed E-state index contributed by atoms with van der Waals surface area (Å²) in [5.74, 6) is -0.202. The number of hydrogen-bond acceptors (Lipinski definition) is 10. The van der Waals surface area contributed by atoms with Gasteiger partial charge in [0.15, 0.2) is 0 Å². The summed E-state index contributed by atoms with van der Waals surface area (Å²) in [6.07, 6.45) is 3.96. The van der Waals surface area contributed by atoms with Gasteiger partial charge in [-0.25, -0.2) is 10.0 Å². The molecule has 4 aliphatic rings. The molecule has 4 aliphatic heterocycles. The van der Waals surface area contributed by atoms with E-state index in [0.29, 0.717) is 9.81 Å². The van der Waals surface area contributed by atoms with Crippen LogP contribution in [0.3, 0.4) is 0 Å². The molecule has 7 aromatic carbocycles. The predicted molar refractivity (Wildman–Crippen MR) is 279 cm³/mol. The zero-order valence-electron chi connectivity index (χ0n) is 35.8. The van der Waals surface area contributed by atoms with Crippen LogP contribution < -0.4 is 19.8 Å². The van der Waals surface area contributed by atoms with E-state index in [1.807, 2.05) is 184 Å². The van der Waals surface area contributed by atoms with Crippen molar-refractivity contribution in [2.24, 2.45) is 10.2 Å². The van der Waals surface area contributed by atoms with Gasteiger partial charge in [-0.2, -0.15) is 10.2 Å². The topological polar surface area (TPSA) is 71.8 Å². The van der Waals surface area contributed by atoms with Crippen LogP contribution in [0, 0.1) is 13.8 Å². The molecule has 2 atom stereocenters. The van der Waals surface area contributed by atoms with Crippen LogP contribution >= 0.6 is 47.0 Å². The first-order chi connectivity index (χ1) is 32.3. The number of hydrazone groups is 2. The molecule has 7 aromatic rings. The van der Waals surface area contributed by atoms with Crippen LogP contribution in [0.1, 0.15) is 33.4 Å². The van der Waals surface area contributed by atoms with Gasteiger partial charge in [-0.3, -0.25) is 19.4 Å². The minimum atomic E-state index is -1.04. The Morgan fingerprint density at radius 1 is 0.409 bits per heavy atom. The zero-order chi connectivity index (χ0) is 44.8. The fourth-order valence-electron chi connectivity index (χ4n) is 8.16. The predicted octanol–water partition coefficient (Wildman–Crippen LogP) is 13.0. The lowest BCUT2D eigenvalue weighted by molar-refractivity contribution is -0.115. The van der Waals surface area contributed by atoms with Crippen molar-refractivity contribution in [3.8, 4) is 0 Å². The van der Waals surface area contributed by atoms with E-state index in [4.69, 9.17) is 10.2 Å². The molecule has 2 saturated heterocycles. The molecule has 0 N–H and O–H groups in total. The monoisotopic (exact) mass is 932 g/mol. The fraction of sp³-hybridized carbons (Fsp3) is 0.0741. The van der Waals surface area contributed by atoms with Crippen molar-refractivity contribution in [3.05, 3.63) is 237 Å². The third-order valence-electron chi connectivity index (χ3n) is 11.4. The molecule has 0 saturated carbocycles. The molecule has 12 heteroatoms. The Balaban J connectivity index is 1.01. The molecule has 66 heavy (non-hydrogen) atoms. The van der Waals surface area contributed by atoms with Crippen LogP contribution in [-0.2, 0) is 9.59 Å². The number of aryl methyl sites for hydroxylation is 2. The highest BCUT2D eigenvalue weighted by Crippen LogP contribution is 2.61. The molecule has 2 amide bonds. The largest absolute Gasteiger partial charge is 0.268 e. The molecule has 0 bridgehead atoms. The summed E-state index contributed by atoms with van der Waals surface area (Å²) in [4.78, 5) is 34.7. The summed E-state index contributed by atoms with van der Waals surface area (Å²) in [5, 5.41) is 16.3. The Kier molecular flexibility index (Phi) is 11.0. The van der Waals surface area contributed by atoms with E-state index in [1.54, 1.807) is 23.5 Å². The van der Waals surface area contributed by atoms with Gasteiger partial charge in [-0.15, -0.1) is 0 Å². The van der Waals surface area contributed by atoms with Crippen LogP contribution in [0.2, 0.25) is 0 Å². The molecule has 0 aliphatic carbocycles. The minimum Gasteiger partial charge on any atom is -0.268 e. The summed E-state index contributed by atoms with van der Waals surface area (Å²) < 4.78 is -2.07. The normalized spacial score (nSPS) is 21.5. The first-order valence-corrected chi connectivity index (χ1v) is 24.7. The van der Waals surface area contributed by atoms with Crippen LogP contribution in [-0.4, -0.2) is 30.6 Å². The fourth-order valence-corrected chi connectivity index (χ4v) is 14.1. The van der Waals surface area contributed by atoms with E-state index in [1.165, 1.54) is 23.5 Å². The number of rotatable bonds is 8. The van der Waals surface area contributed by atoms with Gasteiger partial charge < -0.3 is 0 Å². The molecule has 4 heterocycles. The summed E-state index contributed by atoms with van der Waals surface area (Å²) in [5.41, 5.74) is 9.20. The molecule has 2 unspecified atom stereocenters. The highest BCUT2D eigenvalue weighted by Gasteiger charge is 2.61. The van der Waals surface area contributed by atoms with Crippen LogP contribution in [0.25, 0.3) is 12.2 Å². The number of anilines is 4. The van der Waals surface area contributed by atoms with E-state index in [-0.39, 0.29) is 11.8 Å². The highest BCUT2D eigenvalue weighted by atomic mass is 32.2. The van der Waals surface area contributed by atoms with Crippen molar-refractivity contribution >= 4 is 104 Å². The Hall–Kier alpha value is -6.70. The van der Waals surface area contributed by atoms with Crippen LogP contribution in [0.4, 0.5) is 22.7 Å². The van der Waals surface area contributed by atoms with Crippen molar-refractivity contribution in [2.75, 3.05) is 19.8 Å². The molecule has 0 radical (unpaired) electrons. The van der Waals surface area contributed by atoms with Crippen LogP contribution in [0.5, 0.6) is 0 Å². The molecule has 2 fully saturated rings. The molecular formula is C54H40N6O2S4. The Morgan fingerprint density at radius 2 is 0.758 bits per heavy atom. The van der Waals surface area contributed by atoms with Gasteiger partial charge in [-0.05, 0) is 115 Å². The number of hydrogen-bond donors (Lipinski definition) is 0. The summed E-state index contributed by atoms with van der Waals surface area (Å²) >= 11 is 6.11. The average molecular weight is 933 g/mol. The summed E-state index contributed by atoms with van der Waals surface area (Å²) in [6.45, 7) is 4.12. The maximum Gasteiger partial charge on any atom is 0.268 e. The van der Waals surface area contributed by atoms with Gasteiger partial charge in [0.2, 0.25) is 8.65 Å². The van der Waals surface area contributed by atoms with E-state index in [0.717, 1.165) is 66.2 Å². The van der Waals surface area contributed by atoms with Gasteiger partial charge >= 0.3 is 0 Å². The third kappa shape index (κ3) is 7.53. The zero-order valence-corrected chi connectivity index (χ0v) is 39.0. The molecule has 2 spiro atoms. The lowest BCUT2D eigenvalue weighted by Crippen LogP contribution is -2.51. The number of thioether (sulfide) groups is 4. The lowest BCUT2D eigenvalue weighted by Gasteiger charge is -2.38. The molecule has 11 rings (SSSR count). The number of nitrogens with zero attached hydrogens (tertiary/aromatic N) is 6. The van der Waals surface area contributed by atoms with Gasteiger partial charge in [0.1, 0.15) is 10.1 Å². The van der Waals surface area contributed by atoms with E-state index in [2.05, 4.69) is 56.3 Å². The molecular weight excluding hydrogens is 893 g/mol. The number of carbonyl (C=O) groups excluding carboxylic acids is 2. The van der Waals surface area contributed by atoms with Gasteiger partial charge in [-0.1, -0.05) is 174 Å². The van der Waals surface area contributed by atoms with Gasteiger partial charge in [0.25, 0.3) is 11.8 Å². The summed E-state index contributed by atoms with van der Waals surface area (Å²) in [7, 11) is 0. The second-order valence-electron chi connectivity index (χ2n) is 16.0. The first-order valence-electron chi connectivity index (χ1n) is 21.4. The van der Waals surface area contributed by atoms with Crippen LogP contribution in [0.15, 0.2) is 214 Å². The summed E-state index contributed by atoms with van der Waals surface area (Å²) in [6, 6.07) is 64.5. The van der Waals surface area contributed by atoms with Crippen molar-refractivity contribution in [3.63, 3.8) is 0 Å². The third-order valence-corrected chi connectivity index (χ3v) is 16.9. The Morgan fingerprint density at radius 3 is 1.12 bits per heavy atom. The Labute approximate surface area is 400 Å². The van der Waals surface area contributed by atoms with Gasteiger partial charge in [0, 0.05) is 22.5 Å². The second-order valence-corrected chi connectivity index (χ2v) is 21.2. The van der Waals surface area contributed by atoms with Crippen molar-refractivity contribution in [1.82, 2.24) is 0 Å². The smallest absolute Gasteiger partial charge is 0.268 e. The Bertz CT molecular complexity index is 2910. The molecule has 8 nitrogen and oxygen atoms in total. The van der Waals surface area contributed by atoms with Crippen molar-refractivity contribution in [2.45, 2.75) is 22.5 Å². The standard InChI is InChI=1S/C54H40N6O2S4/c1-37-26-30-39(31-27-37)34-47-51(61)57(43-18-7-3-8-19-43)53(63-47)59(45-22-11-5-12-23-45)55-49(65-53)41-16-15-17-42(36-41)50-56-60(46-24-13-6-14-25-46)54(66-50)58(44-20-9-4-10-21-44)52(62)48(64-54)35-40-32-28-38(2)29-33-40/h3-36H,1-2H3/b47-34-,48-35+. The maximum absolute atomic E-state index is 14.8. The van der Waals surface area contributed by atoms with Crippen molar-refractivity contribution in [1.29, 1.82) is 0 Å². The maximum atomic E-state index is 14.8. The van der Waals surface area contributed by atoms with E-state index in [9.17, 15) is 9.59 Å². The minimum absolute atomic E-state index is 0.101. The quantitative estimate of drug-likeness (QED) is 0.140. The number of benzene rings is 7. The lowest BCUT2D eigenvalue weighted by atomic mass is 10.1.